The molecule has 1 fully saturated rings. The molecule has 1 amide bonds. The Labute approximate surface area is 119 Å². The first-order valence-corrected chi connectivity index (χ1v) is 7.13. The lowest BCUT2D eigenvalue weighted by molar-refractivity contribution is -0.133. The number of hydrogen-bond acceptors (Lipinski definition) is 2. The lowest BCUT2D eigenvalue weighted by atomic mass is 10.0. The number of likely N-dealkylation sites (tertiary alicyclic amines) is 1. The molecule has 0 bridgehead atoms. The van der Waals surface area contributed by atoms with Gasteiger partial charge in [-0.25, -0.2) is 4.79 Å². The number of benzene rings is 1. The third-order valence-corrected chi connectivity index (χ3v) is 4.10. The van der Waals surface area contributed by atoms with Gasteiger partial charge in [-0.1, -0.05) is 18.2 Å². The van der Waals surface area contributed by atoms with E-state index in [0.29, 0.717) is 30.5 Å². The normalized spacial score (nSPS) is 22.0. The monoisotopic (exact) mass is 275 g/mol. The van der Waals surface area contributed by atoms with E-state index in [0.717, 1.165) is 18.4 Å². The van der Waals surface area contributed by atoms with Crippen LogP contribution in [0.4, 0.5) is 0 Å². The van der Waals surface area contributed by atoms with E-state index in [1.54, 1.807) is 18.2 Å². The van der Waals surface area contributed by atoms with Crippen LogP contribution in [0, 0.1) is 0 Å². The van der Waals surface area contributed by atoms with Crippen molar-refractivity contribution in [3.05, 3.63) is 35.4 Å². The van der Waals surface area contributed by atoms with Gasteiger partial charge in [0.2, 0.25) is 5.91 Å². The summed E-state index contributed by atoms with van der Waals surface area (Å²) in [5.41, 5.74) is 1.02. The van der Waals surface area contributed by atoms with Gasteiger partial charge in [-0.3, -0.25) is 4.79 Å². The molecule has 0 spiro atoms. The Balaban J connectivity index is 2.02. The van der Waals surface area contributed by atoms with E-state index < -0.39 is 5.97 Å². The molecule has 1 aliphatic rings. The average molecular weight is 275 g/mol. The summed E-state index contributed by atoms with van der Waals surface area (Å²) in [5.74, 6) is -0.807. The first kappa shape index (κ1) is 14.6. The van der Waals surface area contributed by atoms with Crippen LogP contribution in [-0.4, -0.2) is 34.0 Å². The highest BCUT2D eigenvalue weighted by Crippen LogP contribution is 2.24. The number of hydrogen-bond donors (Lipinski definition) is 1. The maximum atomic E-state index is 12.3. The SMILES string of the molecule is CC1CCC(C)N1C(=O)CCc1ccccc1C(=O)O. The fraction of sp³-hybridized carbons (Fsp3) is 0.500. The third kappa shape index (κ3) is 3.00. The van der Waals surface area contributed by atoms with Gasteiger partial charge in [0, 0.05) is 18.5 Å². The van der Waals surface area contributed by atoms with Crippen LogP contribution in [0.2, 0.25) is 0 Å². The second-order valence-corrected chi connectivity index (χ2v) is 5.54. The van der Waals surface area contributed by atoms with Crippen molar-refractivity contribution >= 4 is 11.9 Å². The molecule has 1 saturated heterocycles. The van der Waals surface area contributed by atoms with Gasteiger partial charge in [0.1, 0.15) is 0 Å². The van der Waals surface area contributed by atoms with Crippen LogP contribution in [0.25, 0.3) is 0 Å². The number of rotatable bonds is 4. The molecule has 1 aromatic carbocycles. The van der Waals surface area contributed by atoms with Crippen molar-refractivity contribution in [1.82, 2.24) is 4.90 Å². The number of carboxylic acid groups (broad SMARTS) is 1. The summed E-state index contributed by atoms with van der Waals surface area (Å²) in [4.78, 5) is 25.4. The molecule has 20 heavy (non-hydrogen) atoms. The topological polar surface area (TPSA) is 57.6 Å². The summed E-state index contributed by atoms with van der Waals surface area (Å²) in [7, 11) is 0. The number of aromatic carboxylic acids is 1. The van der Waals surface area contributed by atoms with Gasteiger partial charge in [0.05, 0.1) is 5.56 Å². The minimum atomic E-state index is -0.934. The van der Waals surface area contributed by atoms with Crippen LogP contribution < -0.4 is 0 Å². The van der Waals surface area contributed by atoms with Gasteiger partial charge < -0.3 is 10.0 Å². The summed E-state index contributed by atoms with van der Waals surface area (Å²) in [5, 5.41) is 9.13. The highest BCUT2D eigenvalue weighted by Gasteiger charge is 2.30. The number of carbonyl (C=O) groups is 2. The van der Waals surface area contributed by atoms with Crippen molar-refractivity contribution < 1.29 is 14.7 Å². The highest BCUT2D eigenvalue weighted by atomic mass is 16.4. The molecule has 4 nitrogen and oxygen atoms in total. The standard InChI is InChI=1S/C16H21NO3/c1-11-7-8-12(2)17(11)15(18)10-9-13-5-3-4-6-14(13)16(19)20/h3-6,11-12H,7-10H2,1-2H3,(H,19,20). The zero-order chi connectivity index (χ0) is 14.7. The molecule has 2 rings (SSSR count). The van der Waals surface area contributed by atoms with Crippen molar-refractivity contribution in [3.63, 3.8) is 0 Å². The van der Waals surface area contributed by atoms with Crippen molar-refractivity contribution in [2.24, 2.45) is 0 Å². The van der Waals surface area contributed by atoms with Crippen LogP contribution >= 0.6 is 0 Å². The lowest BCUT2D eigenvalue weighted by Gasteiger charge is -2.26. The summed E-state index contributed by atoms with van der Waals surface area (Å²) >= 11 is 0. The summed E-state index contributed by atoms with van der Waals surface area (Å²) < 4.78 is 0. The molecule has 0 aliphatic carbocycles. The van der Waals surface area contributed by atoms with Gasteiger partial charge in [-0.15, -0.1) is 0 Å². The number of nitrogens with zero attached hydrogens (tertiary/aromatic N) is 1. The first-order chi connectivity index (χ1) is 9.50. The average Bonchev–Trinajstić information content (AvgIpc) is 2.76. The number of amides is 1. The Morgan fingerprint density at radius 3 is 2.40 bits per heavy atom. The predicted molar refractivity (Wildman–Crippen MR) is 76.7 cm³/mol. The molecule has 2 unspecified atom stereocenters. The van der Waals surface area contributed by atoms with E-state index in [1.165, 1.54) is 0 Å². The number of carboxylic acids is 1. The van der Waals surface area contributed by atoms with Gasteiger partial charge in [-0.05, 0) is 44.7 Å². The fourth-order valence-corrected chi connectivity index (χ4v) is 3.00. The molecule has 1 N–H and O–H groups in total. The van der Waals surface area contributed by atoms with Crippen LogP contribution in [0.5, 0.6) is 0 Å². The van der Waals surface area contributed by atoms with Crippen LogP contribution in [0.15, 0.2) is 24.3 Å². The summed E-state index contributed by atoms with van der Waals surface area (Å²) in [6.45, 7) is 4.15. The Kier molecular flexibility index (Phi) is 4.42. The van der Waals surface area contributed by atoms with Crippen molar-refractivity contribution in [3.8, 4) is 0 Å². The number of aryl methyl sites for hydroxylation is 1. The van der Waals surface area contributed by atoms with Crippen molar-refractivity contribution in [2.75, 3.05) is 0 Å². The first-order valence-electron chi connectivity index (χ1n) is 7.13. The Bertz CT molecular complexity index is 502. The molecule has 4 heteroatoms. The van der Waals surface area contributed by atoms with E-state index in [1.807, 2.05) is 11.0 Å². The Morgan fingerprint density at radius 2 is 1.80 bits per heavy atom. The fourth-order valence-electron chi connectivity index (χ4n) is 3.00. The highest BCUT2D eigenvalue weighted by molar-refractivity contribution is 5.89. The zero-order valence-corrected chi connectivity index (χ0v) is 12.0. The largest absolute Gasteiger partial charge is 0.478 e. The molecular weight excluding hydrogens is 254 g/mol. The second-order valence-electron chi connectivity index (χ2n) is 5.54. The maximum Gasteiger partial charge on any atom is 0.335 e. The maximum absolute atomic E-state index is 12.3. The summed E-state index contributed by atoms with van der Waals surface area (Å²) in [6.07, 6.45) is 2.97. The molecule has 1 heterocycles. The van der Waals surface area contributed by atoms with Gasteiger partial charge >= 0.3 is 5.97 Å². The second kappa shape index (κ2) is 6.07. The van der Waals surface area contributed by atoms with Crippen molar-refractivity contribution in [2.45, 2.75) is 51.6 Å². The van der Waals surface area contributed by atoms with E-state index in [2.05, 4.69) is 13.8 Å². The molecule has 2 atom stereocenters. The molecule has 1 aromatic rings. The van der Waals surface area contributed by atoms with E-state index >= 15 is 0 Å². The molecule has 0 saturated carbocycles. The number of carbonyl (C=O) groups excluding carboxylic acids is 1. The van der Waals surface area contributed by atoms with E-state index in [-0.39, 0.29) is 5.91 Å². The predicted octanol–water partition coefficient (Wildman–Crippen LogP) is 2.72. The van der Waals surface area contributed by atoms with Crippen molar-refractivity contribution in [1.29, 1.82) is 0 Å². The minimum Gasteiger partial charge on any atom is -0.478 e. The Morgan fingerprint density at radius 1 is 1.20 bits per heavy atom. The van der Waals surface area contributed by atoms with Crippen LogP contribution in [0.1, 0.15) is 49.0 Å². The smallest absolute Gasteiger partial charge is 0.335 e. The molecular formula is C16H21NO3. The van der Waals surface area contributed by atoms with Crippen LogP contribution in [0.3, 0.4) is 0 Å². The molecule has 1 aliphatic heterocycles. The minimum absolute atomic E-state index is 0.127. The summed E-state index contributed by atoms with van der Waals surface area (Å²) in [6, 6.07) is 7.49. The lowest BCUT2D eigenvalue weighted by Crippen LogP contribution is -2.38. The van der Waals surface area contributed by atoms with Crippen LogP contribution in [-0.2, 0) is 11.2 Å². The van der Waals surface area contributed by atoms with E-state index in [4.69, 9.17) is 5.11 Å². The molecule has 108 valence electrons. The molecule has 0 aromatic heterocycles. The zero-order valence-electron chi connectivity index (χ0n) is 12.0. The van der Waals surface area contributed by atoms with Gasteiger partial charge in [0.15, 0.2) is 0 Å². The third-order valence-electron chi connectivity index (χ3n) is 4.10. The molecule has 0 radical (unpaired) electrons. The van der Waals surface area contributed by atoms with Gasteiger partial charge in [0.25, 0.3) is 0 Å². The Hall–Kier alpha value is -1.84. The van der Waals surface area contributed by atoms with E-state index in [9.17, 15) is 9.59 Å². The quantitative estimate of drug-likeness (QED) is 0.919. The van der Waals surface area contributed by atoms with Gasteiger partial charge in [-0.2, -0.15) is 0 Å².